The van der Waals surface area contributed by atoms with Gasteiger partial charge in [-0.2, -0.15) is 0 Å². The molecule has 30 heavy (non-hydrogen) atoms. The number of carboxylic acid groups (broad SMARTS) is 1. The number of carbonyl (C=O) groups excluding carboxylic acids is 1. The van der Waals surface area contributed by atoms with Crippen molar-refractivity contribution in [1.29, 1.82) is 0 Å². The van der Waals surface area contributed by atoms with Gasteiger partial charge in [-0.15, -0.1) is 0 Å². The van der Waals surface area contributed by atoms with Crippen molar-refractivity contribution < 1.29 is 19.4 Å². The summed E-state index contributed by atoms with van der Waals surface area (Å²) in [5.41, 5.74) is 2.70. The van der Waals surface area contributed by atoms with E-state index in [-0.39, 0.29) is 11.4 Å². The van der Waals surface area contributed by atoms with Gasteiger partial charge in [0, 0.05) is 23.7 Å². The third-order valence-electron chi connectivity index (χ3n) is 6.34. The Morgan fingerprint density at radius 3 is 2.43 bits per heavy atom. The minimum Gasteiger partial charge on any atom is -0.450 e. The molecule has 0 aliphatic heterocycles. The van der Waals surface area contributed by atoms with E-state index in [1.807, 2.05) is 55.5 Å². The van der Waals surface area contributed by atoms with Crippen molar-refractivity contribution >= 4 is 38.8 Å². The lowest BCUT2D eigenvalue weighted by atomic mass is 9.46. The minimum atomic E-state index is -1.25. The molecule has 0 heterocycles. The second-order valence-electron chi connectivity index (χ2n) is 8.47. The molecule has 1 amide bonds. The van der Waals surface area contributed by atoms with Crippen LogP contribution in [0.1, 0.15) is 35.2 Å². The summed E-state index contributed by atoms with van der Waals surface area (Å²) in [6, 6.07) is 18.1. The van der Waals surface area contributed by atoms with Crippen LogP contribution in [0.5, 0.6) is 0 Å². The van der Waals surface area contributed by atoms with Gasteiger partial charge >= 0.3 is 6.16 Å². The number of rotatable bonds is 4. The third kappa shape index (κ3) is 2.98. The van der Waals surface area contributed by atoms with Gasteiger partial charge in [-0.25, -0.2) is 4.79 Å². The second-order valence-corrected chi connectivity index (χ2v) is 9.39. The van der Waals surface area contributed by atoms with E-state index in [1.165, 1.54) is 0 Å². The Bertz CT molecular complexity index is 1190. The van der Waals surface area contributed by atoms with Crippen molar-refractivity contribution in [2.45, 2.75) is 37.3 Å². The van der Waals surface area contributed by atoms with Crippen molar-refractivity contribution in [2.75, 3.05) is 0 Å². The number of carbonyl (C=O) groups is 2. The first-order valence-electron chi connectivity index (χ1n) is 9.83. The molecule has 3 aliphatic rings. The van der Waals surface area contributed by atoms with E-state index >= 15 is 0 Å². The van der Waals surface area contributed by atoms with Crippen LogP contribution in [0.15, 0.2) is 59.1 Å². The van der Waals surface area contributed by atoms with E-state index in [1.54, 1.807) is 0 Å². The van der Waals surface area contributed by atoms with Gasteiger partial charge in [0.05, 0.1) is 11.1 Å². The average Bonchev–Trinajstić information content (AvgIpc) is 2.65. The molecule has 0 aromatic heterocycles. The average molecular weight is 466 g/mol. The van der Waals surface area contributed by atoms with Crippen LogP contribution >= 0.6 is 15.9 Å². The van der Waals surface area contributed by atoms with E-state index < -0.39 is 11.8 Å². The highest BCUT2D eigenvalue weighted by Crippen LogP contribution is 2.62. The molecule has 3 fully saturated rings. The quantitative estimate of drug-likeness (QED) is 0.486. The van der Waals surface area contributed by atoms with Crippen molar-refractivity contribution in [1.82, 2.24) is 5.32 Å². The molecule has 3 saturated carbocycles. The molecule has 0 saturated heterocycles. The monoisotopic (exact) mass is 465 g/mol. The maximum Gasteiger partial charge on any atom is 0.506 e. The van der Waals surface area contributed by atoms with Crippen molar-refractivity contribution in [3.63, 3.8) is 0 Å². The van der Waals surface area contributed by atoms with Crippen LogP contribution in [0.4, 0.5) is 4.79 Å². The Morgan fingerprint density at radius 2 is 1.77 bits per heavy atom. The molecule has 0 unspecified atom stereocenters. The summed E-state index contributed by atoms with van der Waals surface area (Å²) in [5, 5.41) is 14.0. The Morgan fingerprint density at radius 1 is 1.07 bits per heavy atom. The third-order valence-corrected chi connectivity index (χ3v) is 6.83. The maximum atomic E-state index is 13.5. The standard InChI is InChI=1S/C24H20BrNO4/c1-14-18(15-5-3-2-4-6-15)9-16-7-8-17(25)10-19(16)20(14)21(27)26-23-11-24(12-23,13-23)30-22(28)29/h2-10H,11-13H2,1H3,(H,26,27)(H,28,29). The number of halogens is 1. The van der Waals surface area contributed by atoms with Crippen LogP contribution in [0.3, 0.4) is 0 Å². The fourth-order valence-corrected chi connectivity index (χ4v) is 5.47. The molecule has 152 valence electrons. The zero-order valence-electron chi connectivity index (χ0n) is 16.4. The first-order chi connectivity index (χ1) is 14.3. The molecule has 6 rings (SSSR count). The summed E-state index contributed by atoms with van der Waals surface area (Å²) in [5.74, 6) is -0.128. The molecule has 2 bridgehead atoms. The molecule has 0 spiro atoms. The van der Waals surface area contributed by atoms with E-state index in [2.05, 4.69) is 27.3 Å². The van der Waals surface area contributed by atoms with Gasteiger partial charge in [-0.1, -0.05) is 52.3 Å². The van der Waals surface area contributed by atoms with Gasteiger partial charge in [0.1, 0.15) is 5.60 Å². The molecule has 2 N–H and O–H groups in total. The molecule has 5 nitrogen and oxygen atoms in total. The van der Waals surface area contributed by atoms with Crippen molar-refractivity contribution in [2.24, 2.45) is 0 Å². The minimum absolute atomic E-state index is 0.128. The van der Waals surface area contributed by atoms with Crippen molar-refractivity contribution in [3.8, 4) is 11.1 Å². The number of nitrogens with one attached hydrogen (secondary N) is 1. The van der Waals surface area contributed by atoms with Gasteiger partial charge in [-0.3, -0.25) is 4.79 Å². The highest BCUT2D eigenvalue weighted by molar-refractivity contribution is 9.10. The molecular weight excluding hydrogens is 446 g/mol. The molecule has 6 heteroatoms. The van der Waals surface area contributed by atoms with Gasteiger partial charge in [0.15, 0.2) is 0 Å². The summed E-state index contributed by atoms with van der Waals surface area (Å²) in [4.78, 5) is 24.3. The smallest absolute Gasteiger partial charge is 0.450 e. The zero-order valence-corrected chi connectivity index (χ0v) is 18.0. The lowest BCUT2D eigenvalue weighted by Crippen LogP contribution is -2.79. The van der Waals surface area contributed by atoms with Gasteiger partial charge in [-0.05, 0) is 52.6 Å². The number of ether oxygens (including phenoxy) is 1. The summed E-state index contributed by atoms with van der Waals surface area (Å²) in [6.45, 7) is 1.98. The number of amides is 1. The number of hydrogen-bond donors (Lipinski definition) is 2. The van der Waals surface area contributed by atoms with Crippen LogP contribution in [0.25, 0.3) is 21.9 Å². The van der Waals surface area contributed by atoms with Gasteiger partial charge in [0.25, 0.3) is 5.91 Å². The molecule has 0 atom stereocenters. The zero-order chi connectivity index (χ0) is 21.1. The Balaban J connectivity index is 1.53. The SMILES string of the molecule is Cc1c(-c2ccccc2)cc2ccc(Br)cc2c1C(=O)NC12CC(OC(=O)O)(C1)C2. The predicted molar refractivity (Wildman–Crippen MR) is 118 cm³/mol. The first-order valence-corrected chi connectivity index (χ1v) is 10.6. The van der Waals surface area contributed by atoms with E-state index in [0.717, 1.165) is 31.9 Å². The summed E-state index contributed by atoms with van der Waals surface area (Å²) in [6.07, 6.45) is 0.363. The van der Waals surface area contributed by atoms with Crippen LogP contribution < -0.4 is 5.32 Å². The summed E-state index contributed by atoms with van der Waals surface area (Å²) >= 11 is 3.52. The lowest BCUT2D eigenvalue weighted by molar-refractivity contribution is -0.221. The lowest BCUT2D eigenvalue weighted by Gasteiger charge is -2.68. The fraction of sp³-hybridized carbons (Fsp3) is 0.250. The van der Waals surface area contributed by atoms with Crippen molar-refractivity contribution in [3.05, 3.63) is 70.2 Å². The topological polar surface area (TPSA) is 75.6 Å². The summed E-state index contributed by atoms with van der Waals surface area (Å²) < 4.78 is 5.91. The van der Waals surface area contributed by atoms with Gasteiger partial charge < -0.3 is 15.2 Å². The number of benzene rings is 3. The number of hydrogen-bond acceptors (Lipinski definition) is 3. The van der Waals surface area contributed by atoms with E-state index in [0.29, 0.717) is 24.8 Å². The molecule has 3 aromatic rings. The Hall–Kier alpha value is -2.86. The van der Waals surface area contributed by atoms with Crippen LogP contribution in [-0.4, -0.2) is 28.3 Å². The number of fused-ring (bicyclic) bond motifs is 1. The van der Waals surface area contributed by atoms with E-state index in [9.17, 15) is 9.59 Å². The Kier molecular flexibility index (Phi) is 4.19. The van der Waals surface area contributed by atoms with Crippen LogP contribution in [-0.2, 0) is 4.74 Å². The highest BCUT2D eigenvalue weighted by atomic mass is 79.9. The van der Waals surface area contributed by atoms with E-state index in [4.69, 9.17) is 9.84 Å². The normalized spacial score (nSPS) is 23.9. The largest absolute Gasteiger partial charge is 0.506 e. The molecular formula is C24H20BrNO4. The molecule has 0 radical (unpaired) electrons. The Labute approximate surface area is 182 Å². The second kappa shape index (κ2) is 6.57. The van der Waals surface area contributed by atoms with Crippen LogP contribution in [0, 0.1) is 6.92 Å². The predicted octanol–water partition coefficient (Wildman–Crippen LogP) is 5.68. The van der Waals surface area contributed by atoms with Gasteiger partial charge in [0.2, 0.25) is 0 Å². The molecule has 3 aromatic carbocycles. The van der Waals surface area contributed by atoms with Crippen LogP contribution in [0.2, 0.25) is 0 Å². The maximum absolute atomic E-state index is 13.5. The highest BCUT2D eigenvalue weighted by Gasteiger charge is 2.71. The first kappa shape index (κ1) is 19.1. The molecule has 3 aliphatic carbocycles. The summed E-state index contributed by atoms with van der Waals surface area (Å²) in [7, 11) is 0. The fourth-order valence-electron chi connectivity index (χ4n) is 5.11.